The molecule has 0 radical (unpaired) electrons. The van der Waals surface area contributed by atoms with Crippen LogP contribution in [0.2, 0.25) is 0 Å². The van der Waals surface area contributed by atoms with Crippen LogP contribution in [0.3, 0.4) is 0 Å². The zero-order chi connectivity index (χ0) is 13.2. The van der Waals surface area contributed by atoms with Crippen molar-refractivity contribution in [3.63, 3.8) is 0 Å². The molecule has 1 aromatic heterocycles. The molecule has 0 saturated carbocycles. The molecule has 6 nitrogen and oxygen atoms in total. The Morgan fingerprint density at radius 3 is 2.72 bits per heavy atom. The Bertz CT molecular complexity index is 381. The first-order chi connectivity index (χ1) is 8.65. The number of nitrogens with zero attached hydrogens (tertiary/aromatic N) is 2. The second-order valence-electron chi connectivity index (χ2n) is 4.71. The van der Waals surface area contributed by atoms with E-state index in [1.54, 1.807) is 7.11 Å². The topological polar surface area (TPSA) is 80.4 Å². The molecule has 1 unspecified atom stereocenters. The summed E-state index contributed by atoms with van der Waals surface area (Å²) in [6, 6.07) is -0.0514. The third-order valence-corrected chi connectivity index (χ3v) is 3.79. The van der Waals surface area contributed by atoms with Gasteiger partial charge in [0.1, 0.15) is 5.60 Å². The van der Waals surface area contributed by atoms with Crippen LogP contribution in [0.15, 0.2) is 4.52 Å². The van der Waals surface area contributed by atoms with Gasteiger partial charge in [0.2, 0.25) is 11.7 Å². The number of hydrogen-bond donors (Lipinski definition) is 2. The molecule has 1 aliphatic rings. The fraction of sp³-hybridized carbons (Fsp3) is 0.833. The first-order valence-corrected chi connectivity index (χ1v) is 6.46. The summed E-state index contributed by atoms with van der Waals surface area (Å²) in [5.41, 5.74) is -0.473. The van der Waals surface area contributed by atoms with Gasteiger partial charge < -0.3 is 19.7 Å². The third-order valence-electron chi connectivity index (χ3n) is 3.79. The van der Waals surface area contributed by atoms with E-state index >= 15 is 0 Å². The molecular weight excluding hydrogens is 234 g/mol. The summed E-state index contributed by atoms with van der Waals surface area (Å²) in [6.45, 7) is 4.65. The average molecular weight is 255 g/mol. The number of rotatable bonds is 5. The van der Waals surface area contributed by atoms with Crippen molar-refractivity contribution in [2.75, 3.05) is 13.7 Å². The molecule has 0 spiro atoms. The van der Waals surface area contributed by atoms with Crippen LogP contribution < -0.4 is 5.32 Å². The molecule has 2 N–H and O–H groups in total. The van der Waals surface area contributed by atoms with E-state index in [2.05, 4.69) is 15.5 Å². The quantitative estimate of drug-likeness (QED) is 0.821. The minimum atomic E-state index is -0.473. The number of hydrogen-bond acceptors (Lipinski definition) is 6. The Labute approximate surface area is 107 Å². The maximum atomic E-state index is 9.49. The van der Waals surface area contributed by atoms with Gasteiger partial charge in [0.15, 0.2) is 0 Å². The molecule has 1 aliphatic heterocycles. The summed E-state index contributed by atoms with van der Waals surface area (Å²) in [4.78, 5) is 4.44. The molecule has 102 valence electrons. The smallest absolute Gasteiger partial charge is 0.243 e. The van der Waals surface area contributed by atoms with Crippen molar-refractivity contribution >= 4 is 0 Å². The SMILES string of the molecule is CCC(CC)(OC)c1noc([C@@H]2CC(O)CN2)n1. The van der Waals surface area contributed by atoms with Crippen LogP contribution in [0.1, 0.15) is 50.9 Å². The van der Waals surface area contributed by atoms with Gasteiger partial charge >= 0.3 is 0 Å². The van der Waals surface area contributed by atoms with Crippen molar-refractivity contribution in [1.29, 1.82) is 0 Å². The van der Waals surface area contributed by atoms with Crippen LogP contribution >= 0.6 is 0 Å². The molecule has 2 atom stereocenters. The summed E-state index contributed by atoms with van der Waals surface area (Å²) < 4.78 is 10.9. The van der Waals surface area contributed by atoms with Crippen LogP contribution in [0.25, 0.3) is 0 Å². The lowest BCUT2D eigenvalue weighted by molar-refractivity contribution is -0.0306. The van der Waals surface area contributed by atoms with Crippen LogP contribution in [0, 0.1) is 0 Å². The number of aliphatic hydroxyl groups excluding tert-OH is 1. The Balaban J connectivity index is 2.19. The van der Waals surface area contributed by atoms with Crippen molar-refractivity contribution in [2.45, 2.75) is 50.9 Å². The number of aromatic nitrogens is 2. The molecule has 1 aromatic rings. The van der Waals surface area contributed by atoms with Gasteiger partial charge in [-0.15, -0.1) is 0 Å². The van der Waals surface area contributed by atoms with E-state index in [0.717, 1.165) is 12.8 Å². The zero-order valence-corrected chi connectivity index (χ0v) is 11.1. The number of ether oxygens (including phenoxy) is 1. The lowest BCUT2D eigenvalue weighted by Gasteiger charge is -2.25. The predicted molar refractivity (Wildman–Crippen MR) is 64.9 cm³/mol. The first-order valence-electron chi connectivity index (χ1n) is 6.46. The largest absolute Gasteiger partial charge is 0.392 e. The lowest BCUT2D eigenvalue weighted by atomic mass is 9.96. The molecule has 0 aromatic carbocycles. The number of nitrogens with one attached hydrogen (secondary N) is 1. The van der Waals surface area contributed by atoms with Gasteiger partial charge in [-0.1, -0.05) is 19.0 Å². The summed E-state index contributed by atoms with van der Waals surface area (Å²) in [6.07, 6.45) is 1.86. The lowest BCUT2D eigenvalue weighted by Crippen LogP contribution is -2.28. The van der Waals surface area contributed by atoms with Gasteiger partial charge in [0.25, 0.3) is 0 Å². The van der Waals surface area contributed by atoms with Gasteiger partial charge in [0.05, 0.1) is 12.1 Å². The third kappa shape index (κ3) is 2.28. The summed E-state index contributed by atoms with van der Waals surface area (Å²) in [5, 5.41) is 16.7. The fourth-order valence-corrected chi connectivity index (χ4v) is 2.41. The van der Waals surface area contributed by atoms with E-state index < -0.39 is 5.60 Å². The van der Waals surface area contributed by atoms with Crippen molar-refractivity contribution < 1.29 is 14.4 Å². The molecule has 1 fully saturated rings. The van der Waals surface area contributed by atoms with Gasteiger partial charge in [-0.05, 0) is 19.3 Å². The standard InChI is InChI=1S/C12H21N3O3/c1-4-12(5-2,17-3)11-14-10(18-15-11)9-6-8(16)7-13-9/h8-9,13,16H,4-7H2,1-3H3/t8?,9-/m0/s1. The second-order valence-corrected chi connectivity index (χ2v) is 4.71. The average Bonchev–Trinajstić information content (AvgIpc) is 3.01. The molecule has 0 aliphatic carbocycles. The minimum absolute atomic E-state index is 0.0514. The monoisotopic (exact) mass is 255 g/mol. The molecule has 2 heterocycles. The summed E-state index contributed by atoms with van der Waals surface area (Å²) >= 11 is 0. The molecule has 0 amide bonds. The summed E-state index contributed by atoms with van der Waals surface area (Å²) in [5.74, 6) is 1.12. The highest BCUT2D eigenvalue weighted by molar-refractivity contribution is 5.04. The maximum Gasteiger partial charge on any atom is 0.243 e. The van der Waals surface area contributed by atoms with Gasteiger partial charge in [-0.2, -0.15) is 4.98 Å². The fourth-order valence-electron chi connectivity index (χ4n) is 2.41. The van der Waals surface area contributed by atoms with Gasteiger partial charge in [-0.3, -0.25) is 0 Å². The van der Waals surface area contributed by atoms with Crippen LogP contribution in [0.5, 0.6) is 0 Å². The van der Waals surface area contributed by atoms with Crippen molar-refractivity contribution in [3.05, 3.63) is 11.7 Å². The highest BCUT2D eigenvalue weighted by Gasteiger charge is 2.36. The zero-order valence-electron chi connectivity index (χ0n) is 11.1. The molecular formula is C12H21N3O3. The number of β-amino-alcohol motifs (C(OH)–C–C–N with tert-alkyl or cyclic N) is 1. The van der Waals surface area contributed by atoms with Crippen molar-refractivity contribution in [3.8, 4) is 0 Å². The highest BCUT2D eigenvalue weighted by atomic mass is 16.5. The van der Waals surface area contributed by atoms with Gasteiger partial charge in [0, 0.05) is 13.7 Å². The molecule has 6 heteroatoms. The van der Waals surface area contributed by atoms with Crippen LogP contribution in [-0.4, -0.2) is 35.0 Å². The van der Waals surface area contributed by atoms with E-state index in [4.69, 9.17) is 9.26 Å². The number of aliphatic hydroxyl groups is 1. The van der Waals surface area contributed by atoms with Crippen LogP contribution in [0.4, 0.5) is 0 Å². The molecule has 0 bridgehead atoms. The van der Waals surface area contributed by atoms with Crippen molar-refractivity contribution in [2.24, 2.45) is 0 Å². The molecule has 18 heavy (non-hydrogen) atoms. The van der Waals surface area contributed by atoms with E-state index in [9.17, 15) is 5.11 Å². The second kappa shape index (κ2) is 5.34. The Morgan fingerprint density at radius 1 is 1.50 bits per heavy atom. The minimum Gasteiger partial charge on any atom is -0.392 e. The van der Waals surface area contributed by atoms with E-state index in [-0.39, 0.29) is 12.1 Å². The normalized spacial score (nSPS) is 24.7. The highest BCUT2D eigenvalue weighted by Crippen LogP contribution is 2.31. The Kier molecular flexibility index (Phi) is 3.99. The van der Waals surface area contributed by atoms with Crippen molar-refractivity contribution in [1.82, 2.24) is 15.5 Å². The molecule has 2 rings (SSSR count). The van der Waals surface area contributed by atoms with E-state index in [1.165, 1.54) is 0 Å². The predicted octanol–water partition coefficient (Wildman–Crippen LogP) is 1.13. The summed E-state index contributed by atoms with van der Waals surface area (Å²) in [7, 11) is 1.67. The van der Waals surface area contributed by atoms with E-state index in [1.807, 2.05) is 13.8 Å². The Morgan fingerprint density at radius 2 is 2.22 bits per heavy atom. The van der Waals surface area contributed by atoms with E-state index in [0.29, 0.717) is 24.7 Å². The van der Waals surface area contributed by atoms with Crippen LogP contribution in [-0.2, 0) is 10.3 Å². The number of methoxy groups -OCH3 is 1. The first kappa shape index (κ1) is 13.5. The van der Waals surface area contributed by atoms with Gasteiger partial charge in [-0.25, -0.2) is 0 Å². The Hall–Kier alpha value is -0.980. The maximum absolute atomic E-state index is 9.49. The molecule has 1 saturated heterocycles.